The smallest absolute Gasteiger partial charge is 0.242 e. The number of hydrogen-bond donors (Lipinski definition) is 2. The second kappa shape index (κ2) is 8.06. The van der Waals surface area contributed by atoms with Gasteiger partial charge in [-0.2, -0.15) is 11.8 Å². The molecule has 0 saturated carbocycles. The van der Waals surface area contributed by atoms with Crippen LogP contribution < -0.4 is 10.6 Å². The summed E-state index contributed by atoms with van der Waals surface area (Å²) in [5.74, 6) is 1.13. The molecule has 0 bridgehead atoms. The fourth-order valence-corrected chi connectivity index (χ4v) is 3.42. The highest BCUT2D eigenvalue weighted by molar-refractivity contribution is 7.99. The lowest BCUT2D eigenvalue weighted by atomic mass is 9.93. The Balaban J connectivity index is 2.51. The van der Waals surface area contributed by atoms with Crippen LogP contribution >= 0.6 is 11.8 Å². The summed E-state index contributed by atoms with van der Waals surface area (Å²) in [4.78, 5) is 24.4. The van der Waals surface area contributed by atoms with E-state index < -0.39 is 11.5 Å². The molecule has 1 saturated heterocycles. The molecule has 0 aliphatic carbocycles. The van der Waals surface area contributed by atoms with E-state index in [-0.39, 0.29) is 17.7 Å². The van der Waals surface area contributed by atoms with Crippen molar-refractivity contribution in [2.45, 2.75) is 65.2 Å². The molecule has 122 valence electrons. The van der Waals surface area contributed by atoms with Gasteiger partial charge >= 0.3 is 0 Å². The molecule has 2 amide bonds. The van der Waals surface area contributed by atoms with Crippen molar-refractivity contribution in [1.82, 2.24) is 10.6 Å². The van der Waals surface area contributed by atoms with Crippen molar-refractivity contribution in [2.24, 2.45) is 11.3 Å². The Morgan fingerprint density at radius 3 is 2.38 bits per heavy atom. The zero-order chi connectivity index (χ0) is 16.0. The Labute approximate surface area is 133 Å². The molecular formula is C16H30N2O2S. The number of rotatable bonds is 5. The normalized spacial score (nSPS) is 21.0. The Kier molecular flexibility index (Phi) is 7.04. The van der Waals surface area contributed by atoms with Gasteiger partial charge in [0.2, 0.25) is 11.8 Å². The zero-order valence-electron chi connectivity index (χ0n) is 14.0. The molecule has 5 heteroatoms. The van der Waals surface area contributed by atoms with E-state index in [4.69, 9.17) is 0 Å². The summed E-state index contributed by atoms with van der Waals surface area (Å²) in [7, 11) is 0. The van der Waals surface area contributed by atoms with Gasteiger partial charge in [-0.15, -0.1) is 0 Å². The maximum atomic E-state index is 12.4. The Hall–Kier alpha value is -0.710. The molecule has 1 aliphatic heterocycles. The lowest BCUT2D eigenvalue weighted by molar-refractivity contribution is -0.134. The average Bonchev–Trinajstić information content (AvgIpc) is 2.41. The molecule has 1 aliphatic rings. The van der Waals surface area contributed by atoms with Crippen LogP contribution in [0.25, 0.3) is 0 Å². The molecule has 0 radical (unpaired) electrons. The van der Waals surface area contributed by atoms with Crippen molar-refractivity contribution < 1.29 is 9.59 Å². The fourth-order valence-electron chi connectivity index (χ4n) is 2.19. The summed E-state index contributed by atoms with van der Waals surface area (Å²) < 4.78 is 0. The van der Waals surface area contributed by atoms with Crippen molar-refractivity contribution in [2.75, 3.05) is 12.3 Å². The molecule has 0 aromatic rings. The Bertz CT molecular complexity index is 358. The topological polar surface area (TPSA) is 58.2 Å². The number of thioether (sulfide) groups is 1. The van der Waals surface area contributed by atoms with Crippen LogP contribution in [-0.2, 0) is 9.59 Å². The van der Waals surface area contributed by atoms with Gasteiger partial charge in [0.25, 0.3) is 0 Å². The van der Waals surface area contributed by atoms with E-state index in [1.54, 1.807) is 0 Å². The first-order chi connectivity index (χ1) is 9.71. The largest absolute Gasteiger partial charge is 0.353 e. The highest BCUT2D eigenvalue weighted by Gasteiger charge is 2.29. The van der Waals surface area contributed by atoms with E-state index in [2.05, 4.69) is 10.6 Å². The first kappa shape index (κ1) is 18.3. The average molecular weight is 314 g/mol. The third-order valence-corrected chi connectivity index (χ3v) is 5.09. The van der Waals surface area contributed by atoms with Gasteiger partial charge in [-0.3, -0.25) is 9.59 Å². The van der Waals surface area contributed by atoms with Gasteiger partial charge < -0.3 is 10.6 Å². The summed E-state index contributed by atoms with van der Waals surface area (Å²) in [6, 6.07) is -0.453. The lowest BCUT2D eigenvalue weighted by Crippen LogP contribution is -2.53. The number of carbonyl (C=O) groups is 2. The number of nitrogens with one attached hydrogen (secondary N) is 2. The number of hydrogen-bond acceptors (Lipinski definition) is 3. The highest BCUT2D eigenvalue weighted by Crippen LogP contribution is 2.24. The summed E-state index contributed by atoms with van der Waals surface area (Å²) in [5.41, 5.74) is -0.480. The van der Waals surface area contributed by atoms with Gasteiger partial charge in [-0.25, -0.2) is 0 Å². The standard InChI is InChI=1S/C16H30N2O2S/c1-11(2)13(18-15(20)16(3,4)5)14(19)17-10-12-8-6-7-9-21-12/h11-13H,6-10H2,1-5H3,(H,17,19)(H,18,20). The van der Waals surface area contributed by atoms with Crippen molar-refractivity contribution in [3.8, 4) is 0 Å². The molecular weight excluding hydrogens is 284 g/mol. The van der Waals surface area contributed by atoms with Crippen LogP contribution in [-0.4, -0.2) is 35.4 Å². The van der Waals surface area contributed by atoms with Gasteiger partial charge in [-0.05, 0) is 24.5 Å². The molecule has 21 heavy (non-hydrogen) atoms. The molecule has 0 aromatic heterocycles. The maximum absolute atomic E-state index is 12.4. The van der Waals surface area contributed by atoms with Gasteiger partial charge in [-0.1, -0.05) is 41.0 Å². The zero-order valence-corrected chi connectivity index (χ0v) is 14.8. The van der Waals surface area contributed by atoms with E-state index in [1.807, 2.05) is 46.4 Å². The number of carbonyl (C=O) groups excluding carboxylic acids is 2. The third-order valence-electron chi connectivity index (χ3n) is 3.69. The molecule has 4 nitrogen and oxygen atoms in total. The molecule has 0 aromatic carbocycles. The minimum Gasteiger partial charge on any atom is -0.353 e. The van der Waals surface area contributed by atoms with E-state index in [1.165, 1.54) is 25.0 Å². The van der Waals surface area contributed by atoms with Crippen LogP contribution in [0.1, 0.15) is 53.9 Å². The van der Waals surface area contributed by atoms with E-state index in [0.717, 1.165) is 0 Å². The van der Waals surface area contributed by atoms with Crippen LogP contribution in [0.3, 0.4) is 0 Å². The second-order valence-corrected chi connectivity index (χ2v) is 8.59. The Morgan fingerprint density at radius 2 is 1.90 bits per heavy atom. The SMILES string of the molecule is CC(C)C(NC(=O)C(C)(C)C)C(=O)NCC1CCCCS1. The molecule has 2 unspecified atom stereocenters. The quantitative estimate of drug-likeness (QED) is 0.820. The molecule has 0 spiro atoms. The minimum atomic E-state index is -0.480. The summed E-state index contributed by atoms with van der Waals surface area (Å²) in [6.45, 7) is 10.2. The van der Waals surface area contributed by atoms with Crippen LogP contribution in [0, 0.1) is 11.3 Å². The molecule has 1 fully saturated rings. The van der Waals surface area contributed by atoms with E-state index >= 15 is 0 Å². The van der Waals surface area contributed by atoms with Gasteiger partial charge in [0, 0.05) is 17.2 Å². The molecule has 2 N–H and O–H groups in total. The summed E-state index contributed by atoms with van der Waals surface area (Å²) in [6.07, 6.45) is 3.71. The summed E-state index contributed by atoms with van der Waals surface area (Å²) in [5, 5.41) is 6.42. The second-order valence-electron chi connectivity index (χ2n) is 7.18. The van der Waals surface area contributed by atoms with Crippen LogP contribution in [0.5, 0.6) is 0 Å². The Morgan fingerprint density at radius 1 is 1.24 bits per heavy atom. The minimum absolute atomic E-state index is 0.0613. The predicted molar refractivity (Wildman–Crippen MR) is 89.3 cm³/mol. The lowest BCUT2D eigenvalue weighted by Gasteiger charge is -2.27. The van der Waals surface area contributed by atoms with E-state index in [9.17, 15) is 9.59 Å². The van der Waals surface area contributed by atoms with Gasteiger partial charge in [0.15, 0.2) is 0 Å². The van der Waals surface area contributed by atoms with Crippen LogP contribution in [0.4, 0.5) is 0 Å². The van der Waals surface area contributed by atoms with E-state index in [0.29, 0.717) is 11.8 Å². The highest BCUT2D eigenvalue weighted by atomic mass is 32.2. The van der Waals surface area contributed by atoms with Crippen LogP contribution in [0.15, 0.2) is 0 Å². The number of amides is 2. The molecule has 1 rings (SSSR count). The van der Waals surface area contributed by atoms with Crippen molar-refractivity contribution >= 4 is 23.6 Å². The fraction of sp³-hybridized carbons (Fsp3) is 0.875. The van der Waals surface area contributed by atoms with Crippen LogP contribution in [0.2, 0.25) is 0 Å². The third kappa shape index (κ3) is 6.29. The monoisotopic (exact) mass is 314 g/mol. The van der Waals surface area contributed by atoms with Crippen molar-refractivity contribution in [3.05, 3.63) is 0 Å². The molecule has 2 atom stereocenters. The predicted octanol–water partition coefficient (Wildman–Crippen LogP) is 2.58. The first-order valence-electron chi connectivity index (χ1n) is 7.92. The molecule has 1 heterocycles. The maximum Gasteiger partial charge on any atom is 0.242 e. The van der Waals surface area contributed by atoms with Gasteiger partial charge in [0.05, 0.1) is 0 Å². The summed E-state index contributed by atoms with van der Waals surface area (Å²) >= 11 is 1.94. The van der Waals surface area contributed by atoms with Gasteiger partial charge in [0.1, 0.15) is 6.04 Å². The first-order valence-corrected chi connectivity index (χ1v) is 8.97. The van der Waals surface area contributed by atoms with Crippen molar-refractivity contribution in [3.63, 3.8) is 0 Å². The van der Waals surface area contributed by atoms with Crippen molar-refractivity contribution in [1.29, 1.82) is 0 Å².